The quantitative estimate of drug-likeness (QED) is 0.795. The molecule has 0 aromatic heterocycles. The summed E-state index contributed by atoms with van der Waals surface area (Å²) >= 11 is 1.90. The van der Waals surface area contributed by atoms with Crippen LogP contribution in [0.3, 0.4) is 0 Å². The fraction of sp³-hybridized carbons (Fsp3) is 0.600. The van der Waals surface area contributed by atoms with Crippen molar-refractivity contribution in [3.63, 3.8) is 0 Å². The topological polar surface area (TPSA) is 38.5 Å². The lowest BCUT2D eigenvalue weighted by atomic mass is 10.1. The summed E-state index contributed by atoms with van der Waals surface area (Å²) in [5.74, 6) is 2.11. The fourth-order valence-corrected chi connectivity index (χ4v) is 3.10. The van der Waals surface area contributed by atoms with E-state index in [1.54, 1.807) is 7.11 Å². The van der Waals surface area contributed by atoms with Crippen molar-refractivity contribution in [3.05, 3.63) is 29.3 Å². The van der Waals surface area contributed by atoms with Gasteiger partial charge in [0.25, 0.3) is 0 Å². The van der Waals surface area contributed by atoms with Crippen LogP contribution in [0.2, 0.25) is 0 Å². The molecule has 0 spiro atoms. The molecule has 3 nitrogen and oxygen atoms in total. The first-order valence-electron chi connectivity index (χ1n) is 6.71. The number of hydrogen-bond donors (Lipinski definition) is 1. The number of rotatable bonds is 8. The van der Waals surface area contributed by atoms with Crippen LogP contribution < -0.4 is 10.5 Å². The second-order valence-corrected chi connectivity index (χ2v) is 5.69. The summed E-state index contributed by atoms with van der Waals surface area (Å²) in [5.41, 5.74) is 8.09. The molecule has 0 amide bonds. The van der Waals surface area contributed by atoms with Gasteiger partial charge in [-0.3, -0.25) is 4.90 Å². The highest BCUT2D eigenvalue weighted by Crippen LogP contribution is 2.22. The van der Waals surface area contributed by atoms with Crippen LogP contribution in [0.1, 0.15) is 24.5 Å². The Hall–Kier alpha value is -0.710. The summed E-state index contributed by atoms with van der Waals surface area (Å²) in [6, 6.07) is 6.80. The number of ether oxygens (including phenoxy) is 1. The Morgan fingerprint density at radius 1 is 1.42 bits per heavy atom. The summed E-state index contributed by atoms with van der Waals surface area (Å²) in [6.45, 7) is 3.71. The van der Waals surface area contributed by atoms with Gasteiger partial charge in [-0.05, 0) is 37.4 Å². The van der Waals surface area contributed by atoms with E-state index in [1.165, 1.54) is 5.56 Å². The van der Waals surface area contributed by atoms with Gasteiger partial charge in [0, 0.05) is 30.4 Å². The van der Waals surface area contributed by atoms with Crippen LogP contribution in [0.15, 0.2) is 18.2 Å². The number of nitrogens with zero attached hydrogens (tertiary/aromatic N) is 1. The van der Waals surface area contributed by atoms with Crippen LogP contribution in [0.4, 0.5) is 0 Å². The van der Waals surface area contributed by atoms with E-state index in [2.05, 4.69) is 31.2 Å². The van der Waals surface area contributed by atoms with Crippen molar-refractivity contribution >= 4 is 11.8 Å². The van der Waals surface area contributed by atoms with Crippen molar-refractivity contribution in [2.75, 3.05) is 26.2 Å². The predicted molar refractivity (Wildman–Crippen MR) is 84.8 cm³/mol. The largest absolute Gasteiger partial charge is 0.496 e. The van der Waals surface area contributed by atoms with E-state index in [9.17, 15) is 0 Å². The van der Waals surface area contributed by atoms with Crippen LogP contribution in [0.25, 0.3) is 0 Å². The average Bonchev–Trinajstić information content (AvgIpc) is 2.44. The lowest BCUT2D eigenvalue weighted by molar-refractivity contribution is 0.244. The molecule has 1 aromatic carbocycles. The van der Waals surface area contributed by atoms with E-state index in [4.69, 9.17) is 10.5 Å². The van der Waals surface area contributed by atoms with Crippen LogP contribution in [-0.4, -0.2) is 37.1 Å². The molecule has 0 aliphatic heterocycles. The fourth-order valence-electron chi connectivity index (χ4n) is 2.23. The van der Waals surface area contributed by atoms with Crippen LogP contribution >= 0.6 is 11.8 Å². The molecule has 0 fully saturated rings. The maximum atomic E-state index is 5.72. The molecule has 1 unspecified atom stereocenters. The molecule has 0 saturated heterocycles. The average molecular weight is 282 g/mol. The van der Waals surface area contributed by atoms with Crippen molar-refractivity contribution in [1.29, 1.82) is 0 Å². The zero-order chi connectivity index (χ0) is 14.3. The van der Waals surface area contributed by atoms with Crippen molar-refractivity contribution in [2.24, 2.45) is 5.73 Å². The van der Waals surface area contributed by atoms with Gasteiger partial charge in [0.05, 0.1) is 7.11 Å². The Balaban J connectivity index is 2.84. The first kappa shape index (κ1) is 16.3. The molecular weight excluding hydrogens is 256 g/mol. The Bertz CT molecular complexity index is 384. The third-order valence-corrected chi connectivity index (χ3v) is 4.17. The van der Waals surface area contributed by atoms with Gasteiger partial charge in [-0.2, -0.15) is 11.8 Å². The highest BCUT2D eigenvalue weighted by molar-refractivity contribution is 7.98. The van der Waals surface area contributed by atoms with Gasteiger partial charge in [-0.15, -0.1) is 0 Å². The van der Waals surface area contributed by atoms with Crippen LogP contribution in [0.5, 0.6) is 5.75 Å². The number of thioether (sulfide) groups is 1. The number of benzene rings is 1. The molecule has 1 rings (SSSR count). The van der Waals surface area contributed by atoms with Gasteiger partial charge in [0.1, 0.15) is 5.75 Å². The molecule has 0 aliphatic rings. The third kappa shape index (κ3) is 4.71. The molecule has 0 aliphatic carbocycles. The lowest BCUT2D eigenvalue weighted by Gasteiger charge is -2.27. The van der Waals surface area contributed by atoms with Crippen molar-refractivity contribution in [3.8, 4) is 5.75 Å². The van der Waals surface area contributed by atoms with E-state index in [0.717, 1.165) is 30.0 Å². The van der Waals surface area contributed by atoms with Gasteiger partial charge in [0.15, 0.2) is 0 Å². The molecule has 4 heteroatoms. The summed E-state index contributed by atoms with van der Waals surface area (Å²) in [6.07, 6.45) is 3.32. The van der Waals surface area contributed by atoms with Gasteiger partial charge in [-0.1, -0.05) is 13.0 Å². The smallest absolute Gasteiger partial charge is 0.123 e. The lowest BCUT2D eigenvalue weighted by Crippen LogP contribution is -2.32. The predicted octanol–water partition coefficient (Wildman–Crippen LogP) is 2.73. The van der Waals surface area contributed by atoms with Crippen molar-refractivity contribution in [1.82, 2.24) is 4.90 Å². The number of methoxy groups -OCH3 is 1. The Labute approximate surface area is 121 Å². The zero-order valence-corrected chi connectivity index (χ0v) is 13.3. The molecule has 1 atom stereocenters. The Morgan fingerprint density at radius 2 is 2.16 bits per heavy atom. The molecule has 0 heterocycles. The maximum absolute atomic E-state index is 5.72. The Kier molecular flexibility index (Phi) is 7.28. The Morgan fingerprint density at radius 3 is 2.68 bits per heavy atom. The van der Waals surface area contributed by atoms with E-state index in [0.29, 0.717) is 12.6 Å². The summed E-state index contributed by atoms with van der Waals surface area (Å²) in [4.78, 5) is 2.40. The molecule has 0 radical (unpaired) electrons. The molecule has 0 bridgehead atoms. The van der Waals surface area contributed by atoms with E-state index in [-0.39, 0.29) is 0 Å². The minimum atomic E-state index is 0.572. The van der Waals surface area contributed by atoms with E-state index < -0.39 is 0 Å². The summed E-state index contributed by atoms with van der Waals surface area (Å²) in [5, 5.41) is 0. The second kappa shape index (κ2) is 8.46. The highest BCUT2D eigenvalue weighted by Gasteiger charge is 2.14. The van der Waals surface area contributed by atoms with Gasteiger partial charge in [-0.25, -0.2) is 0 Å². The summed E-state index contributed by atoms with van der Waals surface area (Å²) in [7, 11) is 3.90. The van der Waals surface area contributed by atoms with Crippen LogP contribution in [-0.2, 0) is 13.1 Å². The van der Waals surface area contributed by atoms with Gasteiger partial charge >= 0.3 is 0 Å². The van der Waals surface area contributed by atoms with Gasteiger partial charge < -0.3 is 10.5 Å². The van der Waals surface area contributed by atoms with E-state index in [1.807, 2.05) is 23.9 Å². The number of nitrogens with two attached hydrogens (primary N) is 1. The highest BCUT2D eigenvalue weighted by atomic mass is 32.2. The monoisotopic (exact) mass is 282 g/mol. The molecule has 108 valence electrons. The zero-order valence-electron chi connectivity index (χ0n) is 12.5. The standard InChI is InChI=1S/C15H26N2OS/c1-5-14(11-19-4)17(2)10-13-8-12(9-16)6-7-15(13)18-3/h6-8,14H,5,9-11,16H2,1-4H3. The molecule has 19 heavy (non-hydrogen) atoms. The molecule has 0 saturated carbocycles. The van der Waals surface area contributed by atoms with E-state index >= 15 is 0 Å². The molecular formula is C15H26N2OS. The number of hydrogen-bond acceptors (Lipinski definition) is 4. The molecule has 1 aromatic rings. The normalized spacial score (nSPS) is 12.7. The molecule has 2 N–H and O–H groups in total. The van der Waals surface area contributed by atoms with Crippen LogP contribution in [0, 0.1) is 0 Å². The first-order chi connectivity index (χ1) is 9.15. The first-order valence-corrected chi connectivity index (χ1v) is 8.10. The van der Waals surface area contributed by atoms with Crippen molar-refractivity contribution in [2.45, 2.75) is 32.5 Å². The third-order valence-electron chi connectivity index (χ3n) is 3.45. The summed E-state index contributed by atoms with van der Waals surface area (Å²) < 4.78 is 5.45. The minimum absolute atomic E-state index is 0.572. The van der Waals surface area contributed by atoms with Gasteiger partial charge in [0.2, 0.25) is 0 Å². The maximum Gasteiger partial charge on any atom is 0.123 e. The van der Waals surface area contributed by atoms with Crippen molar-refractivity contribution < 1.29 is 4.74 Å². The SMILES string of the molecule is CCC(CSC)N(C)Cc1cc(CN)ccc1OC. The second-order valence-electron chi connectivity index (χ2n) is 4.78. The minimum Gasteiger partial charge on any atom is -0.496 e.